The number of rotatable bonds is 6. The molecule has 0 bridgehead atoms. The summed E-state index contributed by atoms with van der Waals surface area (Å²) >= 11 is 8.11. The van der Waals surface area contributed by atoms with Crippen LogP contribution in [-0.4, -0.2) is 33.7 Å². The molecule has 0 unspecified atom stereocenters. The monoisotopic (exact) mass is 537 g/mol. The summed E-state index contributed by atoms with van der Waals surface area (Å²) in [5.74, 6) is 0.111. The zero-order chi connectivity index (χ0) is 25.1. The Kier molecular flexibility index (Phi) is 7.75. The number of fused-ring (bicyclic) bond motifs is 1. The van der Waals surface area contributed by atoms with E-state index in [0.29, 0.717) is 19.8 Å². The Labute approximate surface area is 224 Å². The quantitative estimate of drug-likeness (QED) is 0.357. The molecule has 2 aromatic rings. The highest BCUT2D eigenvalue weighted by molar-refractivity contribution is 8.26. The third-order valence-electron chi connectivity index (χ3n) is 6.76. The largest absolute Gasteiger partial charge is 0.490 e. The normalized spacial score (nSPS) is 19.3. The molecule has 9 heteroatoms. The Morgan fingerprint density at radius 2 is 1.97 bits per heavy atom. The van der Waals surface area contributed by atoms with Crippen molar-refractivity contribution < 1.29 is 14.3 Å². The molecule has 186 valence electrons. The van der Waals surface area contributed by atoms with E-state index in [4.69, 9.17) is 17.0 Å². The maximum Gasteiger partial charge on any atom is 0.266 e. The summed E-state index contributed by atoms with van der Waals surface area (Å²) in [5, 5.41) is 13.1. The maximum atomic E-state index is 13.2. The lowest BCUT2D eigenvalue weighted by Gasteiger charge is -2.23. The van der Waals surface area contributed by atoms with Crippen molar-refractivity contribution >= 4 is 62.5 Å². The van der Waals surface area contributed by atoms with Gasteiger partial charge in [0.05, 0.1) is 16.6 Å². The first-order valence-electron chi connectivity index (χ1n) is 12.4. The van der Waals surface area contributed by atoms with Crippen LogP contribution >= 0.6 is 35.3 Å². The number of thiophene rings is 1. The Morgan fingerprint density at radius 3 is 2.78 bits per heavy atom. The highest BCUT2D eigenvalue weighted by Gasteiger charge is 2.34. The van der Waals surface area contributed by atoms with Crippen molar-refractivity contribution in [1.82, 2.24) is 4.90 Å². The summed E-state index contributed by atoms with van der Waals surface area (Å²) < 4.78 is 6.62. The molecule has 2 heterocycles. The molecule has 1 saturated heterocycles. The first-order valence-corrected chi connectivity index (χ1v) is 14.4. The van der Waals surface area contributed by atoms with Crippen LogP contribution in [0.5, 0.6) is 5.75 Å². The van der Waals surface area contributed by atoms with Crippen LogP contribution in [0.4, 0.5) is 5.00 Å². The van der Waals surface area contributed by atoms with E-state index in [2.05, 4.69) is 11.4 Å². The molecule has 2 fully saturated rings. The van der Waals surface area contributed by atoms with Gasteiger partial charge in [0.15, 0.2) is 0 Å². The number of carbonyl (C=O) groups excluding carboxylic acids is 2. The van der Waals surface area contributed by atoms with Gasteiger partial charge < -0.3 is 10.1 Å². The van der Waals surface area contributed by atoms with Gasteiger partial charge in [-0.3, -0.25) is 14.5 Å². The van der Waals surface area contributed by atoms with E-state index in [-0.39, 0.29) is 24.5 Å². The predicted octanol–water partition coefficient (Wildman–Crippen LogP) is 6.05. The zero-order valence-corrected chi connectivity index (χ0v) is 22.3. The fourth-order valence-corrected chi connectivity index (χ4v) is 7.43. The molecule has 1 aromatic carbocycles. The lowest BCUT2D eigenvalue weighted by Crippen LogP contribution is -2.36. The van der Waals surface area contributed by atoms with Crippen molar-refractivity contribution in [3.8, 4) is 11.8 Å². The van der Waals surface area contributed by atoms with Crippen LogP contribution in [0.15, 0.2) is 29.2 Å². The second-order valence-electron chi connectivity index (χ2n) is 9.26. The van der Waals surface area contributed by atoms with Crippen LogP contribution in [0.25, 0.3) is 6.08 Å². The van der Waals surface area contributed by atoms with Crippen LogP contribution in [-0.2, 0) is 22.4 Å². The summed E-state index contributed by atoms with van der Waals surface area (Å²) in [6.45, 7) is -0.185. The number of para-hydroxylation sites is 1. The molecule has 0 atom stereocenters. The van der Waals surface area contributed by atoms with Gasteiger partial charge in [0.2, 0.25) is 5.91 Å². The average molecular weight is 538 g/mol. The standard InChI is InChI=1S/C27H27N3O3S3/c28-15-20-19-11-5-7-13-22(19)35-25(20)29-24(31)16-30-26(32)23(36-27(30)34)14-17-8-4-6-12-21(17)33-18-9-2-1-3-10-18/h4,6,8,12,14,18H,1-3,5,7,9-11,13,16H2,(H,29,31)/b23-14-. The minimum absolute atomic E-state index is 0.185. The van der Waals surface area contributed by atoms with Crippen LogP contribution in [0.3, 0.4) is 0 Å². The topological polar surface area (TPSA) is 82.4 Å². The first-order chi connectivity index (χ1) is 17.5. The van der Waals surface area contributed by atoms with Gasteiger partial charge in [0, 0.05) is 10.4 Å². The molecular formula is C27H27N3O3S3. The summed E-state index contributed by atoms with van der Waals surface area (Å²) in [5.41, 5.74) is 2.45. The number of carbonyl (C=O) groups is 2. The first kappa shape index (κ1) is 25.0. The van der Waals surface area contributed by atoms with Crippen molar-refractivity contribution in [2.45, 2.75) is 63.9 Å². The lowest BCUT2D eigenvalue weighted by atomic mass is 9.96. The number of thiocarbonyl (C=S) groups is 1. The zero-order valence-electron chi connectivity index (χ0n) is 19.9. The molecule has 1 saturated carbocycles. The van der Waals surface area contributed by atoms with E-state index in [9.17, 15) is 14.9 Å². The van der Waals surface area contributed by atoms with Gasteiger partial charge in [-0.1, -0.05) is 48.6 Å². The van der Waals surface area contributed by atoms with Gasteiger partial charge in [-0.25, -0.2) is 0 Å². The molecule has 2 aliphatic carbocycles. The van der Waals surface area contributed by atoms with Crippen LogP contribution < -0.4 is 10.1 Å². The van der Waals surface area contributed by atoms with Crippen molar-refractivity contribution in [1.29, 1.82) is 5.26 Å². The molecule has 1 aliphatic heterocycles. The van der Waals surface area contributed by atoms with Gasteiger partial charge in [-0.2, -0.15) is 5.26 Å². The Morgan fingerprint density at radius 1 is 1.19 bits per heavy atom. The molecule has 1 N–H and O–H groups in total. The number of benzene rings is 1. The number of thioether (sulfide) groups is 1. The Bertz CT molecular complexity index is 1270. The molecule has 6 nitrogen and oxygen atoms in total. The fourth-order valence-electron chi connectivity index (χ4n) is 4.93. The van der Waals surface area contributed by atoms with Crippen molar-refractivity contribution in [3.63, 3.8) is 0 Å². The third kappa shape index (κ3) is 5.36. The molecule has 5 rings (SSSR count). The van der Waals surface area contributed by atoms with Gasteiger partial charge in [0.1, 0.15) is 27.7 Å². The maximum absolute atomic E-state index is 13.2. The minimum atomic E-state index is -0.358. The van der Waals surface area contributed by atoms with Crippen LogP contribution in [0, 0.1) is 11.3 Å². The van der Waals surface area contributed by atoms with Crippen molar-refractivity contribution in [2.75, 3.05) is 11.9 Å². The summed E-state index contributed by atoms with van der Waals surface area (Å²) in [6.07, 6.45) is 11.7. The van der Waals surface area contributed by atoms with Gasteiger partial charge >= 0.3 is 0 Å². The average Bonchev–Trinajstić information content (AvgIpc) is 3.37. The summed E-state index contributed by atoms with van der Waals surface area (Å²) in [4.78, 5) is 29.0. The van der Waals surface area contributed by atoms with E-state index in [1.807, 2.05) is 24.3 Å². The van der Waals surface area contributed by atoms with E-state index < -0.39 is 0 Å². The summed E-state index contributed by atoms with van der Waals surface area (Å²) in [7, 11) is 0. The highest BCUT2D eigenvalue weighted by Crippen LogP contribution is 2.38. The van der Waals surface area contributed by atoms with Crippen molar-refractivity contribution in [2.24, 2.45) is 0 Å². The molecule has 2 amide bonds. The Hall–Kier alpha value is -2.67. The Balaban J connectivity index is 1.28. The van der Waals surface area contributed by atoms with Gasteiger partial charge in [0.25, 0.3) is 5.91 Å². The lowest BCUT2D eigenvalue weighted by molar-refractivity contribution is -0.126. The molecule has 1 aromatic heterocycles. The number of anilines is 1. The van der Waals surface area contributed by atoms with Gasteiger partial charge in [-0.05, 0) is 69.1 Å². The van der Waals surface area contributed by atoms with Crippen LogP contribution in [0.1, 0.15) is 66.5 Å². The van der Waals surface area contributed by atoms with Gasteiger partial charge in [-0.15, -0.1) is 11.3 Å². The third-order valence-corrected chi connectivity index (χ3v) is 9.35. The molecular weight excluding hydrogens is 511 g/mol. The number of hydrogen-bond acceptors (Lipinski definition) is 7. The molecule has 0 radical (unpaired) electrons. The second-order valence-corrected chi connectivity index (χ2v) is 12.0. The fraction of sp³-hybridized carbons (Fsp3) is 0.407. The number of nitriles is 1. The van der Waals surface area contributed by atoms with E-state index in [1.54, 1.807) is 6.08 Å². The number of amides is 2. The predicted molar refractivity (Wildman–Crippen MR) is 148 cm³/mol. The molecule has 3 aliphatic rings. The smallest absolute Gasteiger partial charge is 0.266 e. The van der Waals surface area contributed by atoms with E-state index in [1.165, 1.54) is 52.1 Å². The SMILES string of the molecule is N#Cc1c(NC(=O)CN2C(=O)/C(=C/c3ccccc3OC3CCCCC3)SC2=S)sc2c1CCCC2. The van der Waals surface area contributed by atoms with E-state index >= 15 is 0 Å². The number of nitrogens with zero attached hydrogens (tertiary/aromatic N) is 2. The second kappa shape index (κ2) is 11.2. The number of hydrogen-bond donors (Lipinski definition) is 1. The summed E-state index contributed by atoms with van der Waals surface area (Å²) in [6, 6.07) is 9.97. The number of ether oxygens (including phenoxy) is 1. The minimum Gasteiger partial charge on any atom is -0.490 e. The molecule has 0 spiro atoms. The van der Waals surface area contributed by atoms with Crippen LogP contribution in [0.2, 0.25) is 0 Å². The van der Waals surface area contributed by atoms with E-state index in [0.717, 1.165) is 55.4 Å². The molecule has 36 heavy (non-hydrogen) atoms. The number of nitrogens with one attached hydrogen (secondary N) is 1. The highest BCUT2D eigenvalue weighted by atomic mass is 32.2. The van der Waals surface area contributed by atoms with Crippen molar-refractivity contribution in [3.05, 3.63) is 50.7 Å². The number of aryl methyl sites for hydroxylation is 1.